The minimum Gasteiger partial charge on any atom is -0.385 e. The summed E-state index contributed by atoms with van der Waals surface area (Å²) in [6, 6.07) is 2.96. The van der Waals surface area contributed by atoms with E-state index in [0.29, 0.717) is 18.0 Å². The van der Waals surface area contributed by atoms with Crippen LogP contribution in [0.25, 0.3) is 12.2 Å². The SMILES string of the molecule is C=Cc1ccnc(N(CCC)C(C)CC)c1/C=C(\C)NC1CCN(S(=C)(=C)C)CC1C. The van der Waals surface area contributed by atoms with Gasteiger partial charge in [0.15, 0.2) is 0 Å². The third-order valence-electron chi connectivity index (χ3n) is 6.35. The number of nitrogens with one attached hydrogen (secondary N) is 1. The van der Waals surface area contributed by atoms with Crippen LogP contribution in [0.15, 0.2) is 24.5 Å². The predicted molar refractivity (Wildman–Crippen MR) is 145 cm³/mol. The van der Waals surface area contributed by atoms with Gasteiger partial charge in [0.25, 0.3) is 0 Å². The highest BCUT2D eigenvalue weighted by Crippen LogP contribution is 2.30. The number of rotatable bonds is 10. The number of nitrogens with zero attached hydrogens (tertiary/aromatic N) is 3. The molecule has 0 saturated carbocycles. The van der Waals surface area contributed by atoms with Gasteiger partial charge in [-0.2, -0.15) is 9.39 Å². The summed E-state index contributed by atoms with van der Waals surface area (Å²) >= 11 is 0. The first-order valence-corrected chi connectivity index (χ1v) is 14.0. The van der Waals surface area contributed by atoms with Crippen molar-refractivity contribution in [3.8, 4) is 0 Å². The van der Waals surface area contributed by atoms with Crippen molar-refractivity contribution in [2.75, 3.05) is 30.8 Å². The molecule has 0 amide bonds. The Balaban J connectivity index is 2.30. The smallest absolute Gasteiger partial charge is 0.136 e. The Bertz CT molecular complexity index is 871. The molecule has 1 N–H and O–H groups in total. The van der Waals surface area contributed by atoms with Crippen molar-refractivity contribution in [2.24, 2.45) is 5.92 Å². The van der Waals surface area contributed by atoms with Crippen LogP contribution in [0.3, 0.4) is 0 Å². The van der Waals surface area contributed by atoms with Crippen molar-refractivity contribution in [3.63, 3.8) is 0 Å². The first kappa shape index (κ1) is 25.5. The fourth-order valence-electron chi connectivity index (χ4n) is 4.30. The third-order valence-corrected chi connectivity index (χ3v) is 7.93. The second kappa shape index (κ2) is 11.2. The van der Waals surface area contributed by atoms with Gasteiger partial charge >= 0.3 is 0 Å². The number of pyridine rings is 1. The number of allylic oxidation sites excluding steroid dienone is 1. The Morgan fingerprint density at radius 3 is 2.68 bits per heavy atom. The highest BCUT2D eigenvalue weighted by Gasteiger charge is 2.27. The van der Waals surface area contributed by atoms with Crippen LogP contribution < -0.4 is 10.2 Å². The van der Waals surface area contributed by atoms with Crippen molar-refractivity contribution in [3.05, 3.63) is 35.7 Å². The third kappa shape index (κ3) is 6.63. The van der Waals surface area contributed by atoms with Gasteiger partial charge in [-0.05, 0) is 63.0 Å². The van der Waals surface area contributed by atoms with Crippen LogP contribution >= 0.6 is 9.39 Å². The molecule has 174 valence electrons. The number of hydrogen-bond donors (Lipinski definition) is 1. The number of piperidine rings is 1. The molecule has 2 rings (SSSR count). The Hall–Kier alpha value is -1.72. The lowest BCUT2D eigenvalue weighted by molar-refractivity contribution is 0.242. The molecule has 3 atom stereocenters. The summed E-state index contributed by atoms with van der Waals surface area (Å²) in [6.07, 6.45) is 11.6. The first-order chi connectivity index (χ1) is 14.6. The summed E-state index contributed by atoms with van der Waals surface area (Å²) in [5.41, 5.74) is 3.48. The van der Waals surface area contributed by atoms with Crippen molar-refractivity contribution in [1.82, 2.24) is 14.6 Å². The zero-order chi connectivity index (χ0) is 23.2. The fourth-order valence-corrected chi connectivity index (χ4v) is 5.44. The first-order valence-electron chi connectivity index (χ1n) is 11.6. The van der Waals surface area contributed by atoms with Crippen molar-refractivity contribution >= 4 is 39.1 Å². The summed E-state index contributed by atoms with van der Waals surface area (Å²) < 4.78 is 2.47. The van der Waals surface area contributed by atoms with Gasteiger partial charge in [-0.25, -0.2) is 4.98 Å². The lowest BCUT2D eigenvalue weighted by Crippen LogP contribution is -2.46. The normalized spacial score (nSPS) is 21.5. The van der Waals surface area contributed by atoms with Crippen LogP contribution in [0.2, 0.25) is 0 Å². The van der Waals surface area contributed by atoms with E-state index < -0.39 is 9.39 Å². The molecule has 0 bridgehead atoms. The second-order valence-corrected chi connectivity index (χ2v) is 12.2. The molecule has 1 saturated heterocycles. The molecule has 4 nitrogen and oxygen atoms in total. The molecule has 1 aliphatic rings. The van der Waals surface area contributed by atoms with Crippen LogP contribution in [0.5, 0.6) is 0 Å². The molecule has 1 aliphatic heterocycles. The van der Waals surface area contributed by atoms with E-state index in [1.807, 2.05) is 12.3 Å². The Kier molecular flexibility index (Phi) is 9.26. The van der Waals surface area contributed by atoms with Crippen molar-refractivity contribution in [2.45, 2.75) is 66.0 Å². The molecule has 0 spiro atoms. The summed E-state index contributed by atoms with van der Waals surface area (Å²) in [6.45, 7) is 18.4. The summed E-state index contributed by atoms with van der Waals surface area (Å²) in [4.78, 5) is 7.26. The standard InChI is InChI=1S/C26H44N4S/c1-10-16-30(22(6)11-2)26-24(23(12-3)13-15-27-26)18-21(5)28-25-14-17-29(19-20(25)4)31(7,8)9/h12-13,15,18,20,22,25,28H,3,7-8,10-11,14,16-17,19H2,1-2,4-6,9H3/b21-18+. The van der Waals surface area contributed by atoms with E-state index in [1.54, 1.807) is 0 Å². The molecule has 1 aromatic heterocycles. The van der Waals surface area contributed by atoms with E-state index in [2.05, 4.69) is 85.9 Å². The number of hydrogen-bond acceptors (Lipinski definition) is 4. The molecule has 5 heteroatoms. The van der Waals surface area contributed by atoms with Crippen LogP contribution in [0.4, 0.5) is 5.82 Å². The average Bonchev–Trinajstić information content (AvgIpc) is 2.72. The molecule has 1 aromatic rings. The van der Waals surface area contributed by atoms with E-state index in [4.69, 9.17) is 4.98 Å². The topological polar surface area (TPSA) is 31.4 Å². The lowest BCUT2D eigenvalue weighted by Gasteiger charge is -2.40. The van der Waals surface area contributed by atoms with Crippen LogP contribution in [-0.2, 0) is 0 Å². The van der Waals surface area contributed by atoms with E-state index in [1.165, 1.54) is 5.70 Å². The minimum absolute atomic E-state index is 0.444. The van der Waals surface area contributed by atoms with Gasteiger partial charge in [0.1, 0.15) is 5.82 Å². The number of aromatic nitrogens is 1. The van der Waals surface area contributed by atoms with Crippen molar-refractivity contribution < 1.29 is 0 Å². The van der Waals surface area contributed by atoms with Gasteiger partial charge in [0.2, 0.25) is 0 Å². The van der Waals surface area contributed by atoms with E-state index in [-0.39, 0.29) is 0 Å². The van der Waals surface area contributed by atoms with Gasteiger partial charge < -0.3 is 10.2 Å². The summed E-state index contributed by atoms with van der Waals surface area (Å²) in [5, 5.41) is 3.80. The zero-order valence-corrected chi connectivity index (χ0v) is 21.5. The van der Waals surface area contributed by atoms with E-state index in [9.17, 15) is 0 Å². The Labute approximate surface area is 192 Å². The molecular formula is C26H44N4S. The quantitative estimate of drug-likeness (QED) is 0.475. The molecule has 1 fully saturated rings. The Morgan fingerprint density at radius 2 is 2.13 bits per heavy atom. The van der Waals surface area contributed by atoms with Gasteiger partial charge in [0, 0.05) is 49.2 Å². The maximum absolute atomic E-state index is 4.82. The van der Waals surface area contributed by atoms with E-state index in [0.717, 1.165) is 55.8 Å². The number of anilines is 1. The molecular weight excluding hydrogens is 400 g/mol. The van der Waals surface area contributed by atoms with Crippen LogP contribution in [0, 0.1) is 5.92 Å². The maximum atomic E-state index is 4.82. The molecule has 31 heavy (non-hydrogen) atoms. The van der Waals surface area contributed by atoms with Gasteiger partial charge in [-0.15, -0.1) is 0 Å². The summed E-state index contributed by atoms with van der Waals surface area (Å²) in [5.74, 6) is 10.2. The fraction of sp³-hybridized carbons (Fsp3) is 0.577. The van der Waals surface area contributed by atoms with Crippen LogP contribution in [0.1, 0.15) is 65.0 Å². The monoisotopic (exact) mass is 444 g/mol. The highest BCUT2D eigenvalue weighted by atomic mass is 32.2. The molecule has 0 aromatic carbocycles. The second-order valence-electron chi connectivity index (χ2n) is 9.25. The highest BCUT2D eigenvalue weighted by molar-refractivity contribution is 8.25. The van der Waals surface area contributed by atoms with Crippen molar-refractivity contribution in [1.29, 1.82) is 0 Å². The lowest BCUT2D eigenvalue weighted by atomic mass is 9.95. The molecule has 3 unspecified atom stereocenters. The van der Waals surface area contributed by atoms with E-state index >= 15 is 0 Å². The minimum atomic E-state index is -1.13. The maximum Gasteiger partial charge on any atom is 0.136 e. The molecule has 0 radical (unpaired) electrons. The average molecular weight is 445 g/mol. The van der Waals surface area contributed by atoms with Gasteiger partial charge in [-0.3, -0.25) is 4.31 Å². The Morgan fingerprint density at radius 1 is 1.42 bits per heavy atom. The zero-order valence-electron chi connectivity index (χ0n) is 20.7. The molecule has 2 heterocycles. The molecule has 0 aliphatic carbocycles. The summed E-state index contributed by atoms with van der Waals surface area (Å²) in [7, 11) is -1.13. The largest absolute Gasteiger partial charge is 0.385 e. The predicted octanol–water partition coefficient (Wildman–Crippen LogP) is 5.61. The van der Waals surface area contributed by atoms with Gasteiger partial charge in [-0.1, -0.05) is 45.2 Å². The van der Waals surface area contributed by atoms with Gasteiger partial charge in [0.05, 0.1) is 0 Å². The van der Waals surface area contributed by atoms with Crippen LogP contribution in [-0.4, -0.2) is 59.0 Å².